The maximum atomic E-state index is 13.2. The van der Waals surface area contributed by atoms with Gasteiger partial charge in [0.1, 0.15) is 16.6 Å². The van der Waals surface area contributed by atoms with Crippen LogP contribution >= 0.6 is 0 Å². The maximum absolute atomic E-state index is 13.2. The topological polar surface area (TPSA) is 97.7 Å². The second-order valence-corrected chi connectivity index (χ2v) is 9.12. The van der Waals surface area contributed by atoms with Gasteiger partial charge in [0, 0.05) is 25.5 Å². The van der Waals surface area contributed by atoms with Crippen LogP contribution in [-0.2, 0) is 32.8 Å². The molecule has 12 heteroatoms. The lowest BCUT2D eigenvalue weighted by molar-refractivity contribution is -0.137. The Bertz CT molecular complexity index is 1130. The number of esters is 1. The Kier molecular flexibility index (Phi) is 6.65. The minimum absolute atomic E-state index is 0.0367. The number of hydrogen-bond donors (Lipinski definition) is 1. The van der Waals surface area contributed by atoms with Gasteiger partial charge in [-0.05, 0) is 44.0 Å². The molecule has 2 heterocycles. The molecule has 0 aliphatic carbocycles. The number of halogens is 3. The van der Waals surface area contributed by atoms with Gasteiger partial charge in [-0.2, -0.15) is 17.5 Å². The first-order valence-corrected chi connectivity index (χ1v) is 11.2. The van der Waals surface area contributed by atoms with Crippen LogP contribution < -0.4 is 5.32 Å². The second-order valence-electron chi connectivity index (χ2n) is 7.23. The van der Waals surface area contributed by atoms with Crippen LogP contribution in [0.5, 0.6) is 0 Å². The third-order valence-electron chi connectivity index (χ3n) is 5.03. The molecule has 174 valence electrons. The summed E-state index contributed by atoms with van der Waals surface area (Å²) < 4.78 is 72.3. The number of carbonyl (C=O) groups is 2. The van der Waals surface area contributed by atoms with Crippen molar-refractivity contribution in [2.45, 2.75) is 36.9 Å². The van der Waals surface area contributed by atoms with Crippen LogP contribution in [0.2, 0.25) is 0 Å². The molecule has 1 aliphatic heterocycles. The number of hydrogen-bond acceptors (Lipinski definition) is 5. The third-order valence-corrected chi connectivity index (χ3v) is 6.91. The molecule has 8 nitrogen and oxygen atoms in total. The summed E-state index contributed by atoms with van der Waals surface area (Å²) >= 11 is 0. The van der Waals surface area contributed by atoms with E-state index < -0.39 is 39.7 Å². The molecule has 0 saturated carbocycles. The van der Waals surface area contributed by atoms with Crippen LogP contribution in [0.1, 0.15) is 35.8 Å². The van der Waals surface area contributed by atoms with Gasteiger partial charge in [0.25, 0.3) is 0 Å². The zero-order valence-corrected chi connectivity index (χ0v) is 18.2. The lowest BCUT2D eigenvalue weighted by Gasteiger charge is -2.23. The van der Waals surface area contributed by atoms with E-state index in [9.17, 15) is 31.2 Å². The molecule has 0 radical (unpaired) electrons. The summed E-state index contributed by atoms with van der Waals surface area (Å²) in [7, 11) is -2.65. The van der Waals surface area contributed by atoms with Gasteiger partial charge in [0.05, 0.1) is 12.2 Å². The van der Waals surface area contributed by atoms with Crippen LogP contribution in [0.3, 0.4) is 0 Å². The number of nitrogens with zero attached hydrogens (tertiary/aromatic N) is 2. The van der Waals surface area contributed by atoms with Gasteiger partial charge in [-0.1, -0.05) is 6.07 Å². The highest BCUT2D eigenvalue weighted by Gasteiger charge is 2.40. The Morgan fingerprint density at radius 3 is 2.62 bits per heavy atom. The number of alkyl halides is 3. The molecule has 1 saturated heterocycles. The number of carbonyl (C=O) groups excluding carboxylic acids is 2. The minimum Gasteiger partial charge on any atom is -0.461 e. The second kappa shape index (κ2) is 8.94. The molecular formula is C20H22F3N3O5S. The van der Waals surface area contributed by atoms with Gasteiger partial charge in [-0.3, -0.25) is 4.79 Å². The van der Waals surface area contributed by atoms with Gasteiger partial charge in [0.2, 0.25) is 15.9 Å². The fraction of sp³-hybridized carbons (Fsp3) is 0.400. The highest BCUT2D eigenvalue weighted by Crippen LogP contribution is 2.32. The fourth-order valence-corrected chi connectivity index (χ4v) is 5.24. The Labute approximate surface area is 183 Å². The van der Waals surface area contributed by atoms with Crippen molar-refractivity contribution >= 4 is 27.6 Å². The average molecular weight is 473 g/mol. The molecule has 3 rings (SSSR count). The number of amides is 1. The van der Waals surface area contributed by atoms with E-state index in [0.29, 0.717) is 6.42 Å². The Hall–Kier alpha value is -2.86. The minimum atomic E-state index is -4.58. The van der Waals surface area contributed by atoms with Gasteiger partial charge in [0.15, 0.2) is 0 Å². The number of benzene rings is 1. The molecule has 1 aromatic carbocycles. The van der Waals surface area contributed by atoms with Crippen molar-refractivity contribution in [2.75, 3.05) is 18.5 Å². The number of sulfonamides is 1. The first kappa shape index (κ1) is 23.8. The zero-order chi connectivity index (χ0) is 23.7. The summed E-state index contributed by atoms with van der Waals surface area (Å²) in [5.74, 6) is -1.41. The highest BCUT2D eigenvalue weighted by atomic mass is 32.2. The largest absolute Gasteiger partial charge is 0.461 e. The Morgan fingerprint density at radius 2 is 1.97 bits per heavy atom. The number of aromatic nitrogens is 1. The van der Waals surface area contributed by atoms with Crippen molar-refractivity contribution in [1.29, 1.82) is 0 Å². The summed E-state index contributed by atoms with van der Waals surface area (Å²) in [6.45, 7) is 1.80. The molecule has 0 spiro atoms. The molecule has 1 aromatic heterocycles. The van der Waals surface area contributed by atoms with E-state index in [2.05, 4.69) is 5.32 Å². The molecule has 1 N–H and O–H groups in total. The monoisotopic (exact) mass is 473 g/mol. The molecule has 1 amide bonds. The molecular weight excluding hydrogens is 451 g/mol. The molecule has 32 heavy (non-hydrogen) atoms. The predicted molar refractivity (Wildman–Crippen MR) is 108 cm³/mol. The van der Waals surface area contributed by atoms with Crippen LogP contribution in [0.15, 0.2) is 41.4 Å². The van der Waals surface area contributed by atoms with E-state index in [1.54, 1.807) is 6.92 Å². The van der Waals surface area contributed by atoms with E-state index in [1.165, 1.54) is 29.9 Å². The van der Waals surface area contributed by atoms with Crippen LogP contribution in [0.4, 0.5) is 18.9 Å². The molecule has 0 unspecified atom stereocenters. The van der Waals surface area contributed by atoms with Gasteiger partial charge >= 0.3 is 12.1 Å². The van der Waals surface area contributed by atoms with Gasteiger partial charge in [-0.15, -0.1) is 0 Å². The predicted octanol–water partition coefficient (Wildman–Crippen LogP) is 3.01. The lowest BCUT2D eigenvalue weighted by Crippen LogP contribution is -2.43. The number of anilines is 1. The smallest absolute Gasteiger partial charge is 0.416 e. The van der Waals surface area contributed by atoms with Crippen molar-refractivity contribution in [3.63, 3.8) is 0 Å². The fourth-order valence-electron chi connectivity index (χ4n) is 3.51. The average Bonchev–Trinajstić information content (AvgIpc) is 3.35. The molecule has 1 fully saturated rings. The Balaban J connectivity index is 1.82. The van der Waals surface area contributed by atoms with Crippen molar-refractivity contribution < 1.29 is 35.9 Å². The number of ether oxygens (including phenoxy) is 1. The molecule has 0 bridgehead atoms. The number of aryl methyl sites for hydroxylation is 1. The lowest BCUT2D eigenvalue weighted by atomic mass is 10.1. The number of nitrogens with one attached hydrogen (secondary N) is 1. The van der Waals surface area contributed by atoms with E-state index in [-0.39, 0.29) is 35.8 Å². The van der Waals surface area contributed by atoms with E-state index in [0.717, 1.165) is 22.5 Å². The summed E-state index contributed by atoms with van der Waals surface area (Å²) in [6.07, 6.45) is -2.71. The zero-order valence-electron chi connectivity index (χ0n) is 17.3. The first-order valence-electron chi connectivity index (χ1n) is 9.78. The van der Waals surface area contributed by atoms with Crippen molar-refractivity contribution in [1.82, 2.24) is 8.87 Å². The van der Waals surface area contributed by atoms with Crippen LogP contribution in [0, 0.1) is 0 Å². The summed E-state index contributed by atoms with van der Waals surface area (Å²) in [5, 5.41) is 2.38. The molecule has 2 aromatic rings. The molecule has 1 aliphatic rings. The van der Waals surface area contributed by atoms with E-state index in [1.807, 2.05) is 0 Å². The maximum Gasteiger partial charge on any atom is 0.416 e. The van der Waals surface area contributed by atoms with Crippen molar-refractivity contribution in [3.8, 4) is 0 Å². The normalized spacial score (nSPS) is 17.3. The van der Waals surface area contributed by atoms with E-state index >= 15 is 0 Å². The SMILES string of the molecule is CCOC(=O)c1cc(S(=O)(=O)N2CCC[C@H]2C(=O)Nc2cccc(C(F)(F)F)c2)cn1C. The van der Waals surface area contributed by atoms with Gasteiger partial charge in [-0.25, -0.2) is 13.2 Å². The van der Waals surface area contributed by atoms with Crippen LogP contribution in [-0.4, -0.2) is 48.4 Å². The third kappa shape index (κ3) is 4.80. The summed E-state index contributed by atoms with van der Waals surface area (Å²) in [5.41, 5.74) is -0.977. The van der Waals surface area contributed by atoms with Crippen molar-refractivity contribution in [2.24, 2.45) is 7.05 Å². The summed E-state index contributed by atoms with van der Waals surface area (Å²) in [4.78, 5) is 24.6. The first-order chi connectivity index (χ1) is 14.9. The van der Waals surface area contributed by atoms with Crippen LogP contribution in [0.25, 0.3) is 0 Å². The number of rotatable bonds is 6. The quantitative estimate of drug-likeness (QED) is 0.651. The summed E-state index contributed by atoms with van der Waals surface area (Å²) in [6, 6.07) is 4.19. The Morgan fingerprint density at radius 1 is 1.25 bits per heavy atom. The van der Waals surface area contributed by atoms with Gasteiger partial charge < -0.3 is 14.6 Å². The molecule has 1 atom stereocenters. The standard InChI is InChI=1S/C20H22F3N3O5S/c1-3-31-19(28)17-11-15(12-25(17)2)32(29,30)26-9-5-8-16(26)18(27)24-14-7-4-6-13(10-14)20(21,22)23/h4,6-7,10-12,16H,3,5,8-9H2,1-2H3,(H,24,27)/t16-/m0/s1. The highest BCUT2D eigenvalue weighted by molar-refractivity contribution is 7.89. The van der Waals surface area contributed by atoms with E-state index in [4.69, 9.17) is 4.74 Å². The van der Waals surface area contributed by atoms with Crippen molar-refractivity contribution in [3.05, 3.63) is 47.8 Å².